The predicted octanol–water partition coefficient (Wildman–Crippen LogP) is 4.40. The maximum absolute atomic E-state index is 14.1. The Bertz CT molecular complexity index is 1160. The fourth-order valence-corrected chi connectivity index (χ4v) is 2.75. The lowest BCUT2D eigenvalue weighted by molar-refractivity contribution is 0.262. The third-order valence-corrected chi connectivity index (χ3v) is 4.15. The molecular weight excluding hydrogens is 385 g/mol. The van der Waals surface area contributed by atoms with E-state index < -0.39 is 5.82 Å². The Morgan fingerprint density at radius 1 is 0.933 bits per heavy atom. The number of urea groups is 1. The van der Waals surface area contributed by atoms with Crippen molar-refractivity contribution < 1.29 is 9.18 Å². The van der Waals surface area contributed by atoms with Gasteiger partial charge < -0.3 is 16.0 Å². The molecule has 0 bridgehead atoms. The Morgan fingerprint density at radius 3 is 2.27 bits per heavy atom. The van der Waals surface area contributed by atoms with Crippen LogP contribution in [0, 0.1) is 5.82 Å². The first-order chi connectivity index (χ1) is 14.6. The van der Waals surface area contributed by atoms with E-state index in [1.807, 2.05) is 18.2 Å². The van der Waals surface area contributed by atoms with Crippen molar-refractivity contribution in [2.24, 2.45) is 7.05 Å². The van der Waals surface area contributed by atoms with Crippen molar-refractivity contribution in [1.82, 2.24) is 19.7 Å². The van der Waals surface area contributed by atoms with Gasteiger partial charge in [0.2, 0.25) is 5.95 Å². The number of nitrogens with zero attached hydrogens (tertiary/aromatic N) is 4. The highest BCUT2D eigenvalue weighted by molar-refractivity contribution is 5.99. The molecular formula is C21H18FN7O. The van der Waals surface area contributed by atoms with Gasteiger partial charge in [-0.05, 0) is 36.4 Å². The summed E-state index contributed by atoms with van der Waals surface area (Å²) >= 11 is 0. The van der Waals surface area contributed by atoms with Crippen LogP contribution < -0.4 is 16.0 Å². The lowest BCUT2D eigenvalue weighted by Crippen LogP contribution is -2.19. The van der Waals surface area contributed by atoms with Crippen molar-refractivity contribution in [2.45, 2.75) is 0 Å². The molecule has 0 atom stereocenters. The Kier molecular flexibility index (Phi) is 5.33. The van der Waals surface area contributed by atoms with Crippen LogP contribution >= 0.6 is 0 Å². The third-order valence-electron chi connectivity index (χ3n) is 4.15. The van der Waals surface area contributed by atoms with Gasteiger partial charge in [-0.25, -0.2) is 19.2 Å². The number of aromatic nitrogens is 4. The Morgan fingerprint density at radius 2 is 1.60 bits per heavy atom. The fourth-order valence-electron chi connectivity index (χ4n) is 2.75. The number of halogens is 1. The van der Waals surface area contributed by atoms with Crippen LogP contribution in [0.4, 0.5) is 32.2 Å². The fraction of sp³-hybridized carbons (Fsp3) is 0.0476. The van der Waals surface area contributed by atoms with E-state index in [1.54, 1.807) is 54.3 Å². The molecule has 2 heterocycles. The van der Waals surface area contributed by atoms with Crippen molar-refractivity contribution in [3.8, 4) is 11.3 Å². The molecule has 2 amide bonds. The lowest BCUT2D eigenvalue weighted by Gasteiger charge is -2.09. The summed E-state index contributed by atoms with van der Waals surface area (Å²) in [6, 6.07) is 15.8. The van der Waals surface area contributed by atoms with Gasteiger partial charge in [0.05, 0.1) is 12.4 Å². The molecule has 0 spiro atoms. The second-order valence-electron chi connectivity index (χ2n) is 6.44. The number of nitrogens with one attached hydrogen (secondary N) is 3. The van der Waals surface area contributed by atoms with Crippen molar-refractivity contribution in [3.63, 3.8) is 0 Å². The summed E-state index contributed by atoms with van der Waals surface area (Å²) in [7, 11) is 1.75. The van der Waals surface area contributed by atoms with Crippen LogP contribution in [-0.2, 0) is 7.05 Å². The van der Waals surface area contributed by atoms with Crippen molar-refractivity contribution in [1.29, 1.82) is 0 Å². The largest absolute Gasteiger partial charge is 0.324 e. The van der Waals surface area contributed by atoms with Gasteiger partial charge in [0.15, 0.2) is 5.82 Å². The molecule has 30 heavy (non-hydrogen) atoms. The topological polar surface area (TPSA) is 96.8 Å². The molecule has 0 aliphatic heterocycles. The number of rotatable bonds is 5. The molecule has 0 aliphatic rings. The van der Waals surface area contributed by atoms with Crippen molar-refractivity contribution in [2.75, 3.05) is 16.0 Å². The maximum Gasteiger partial charge on any atom is 0.323 e. The molecule has 0 aliphatic carbocycles. The van der Waals surface area contributed by atoms with Gasteiger partial charge in [-0.1, -0.05) is 18.2 Å². The van der Waals surface area contributed by atoms with Gasteiger partial charge in [0.1, 0.15) is 5.69 Å². The number of carbonyl (C=O) groups excluding carboxylic acids is 1. The highest BCUT2D eigenvalue weighted by Crippen LogP contribution is 2.22. The molecule has 0 saturated heterocycles. The van der Waals surface area contributed by atoms with E-state index in [0.717, 1.165) is 6.20 Å². The van der Waals surface area contributed by atoms with Crippen LogP contribution in [0.3, 0.4) is 0 Å². The molecule has 3 N–H and O–H groups in total. The number of aryl methyl sites for hydroxylation is 1. The number of carbonyl (C=O) groups is 1. The zero-order valence-corrected chi connectivity index (χ0v) is 16.0. The van der Waals surface area contributed by atoms with Crippen LogP contribution in [0.25, 0.3) is 11.3 Å². The molecule has 0 fully saturated rings. The number of amides is 2. The third kappa shape index (κ3) is 4.58. The summed E-state index contributed by atoms with van der Waals surface area (Å²) in [4.78, 5) is 20.3. The summed E-state index contributed by atoms with van der Waals surface area (Å²) in [6.45, 7) is 0. The van der Waals surface area contributed by atoms with E-state index in [1.165, 1.54) is 6.20 Å². The first kappa shape index (κ1) is 19.1. The van der Waals surface area contributed by atoms with Crippen LogP contribution in [0.2, 0.25) is 0 Å². The highest BCUT2D eigenvalue weighted by Gasteiger charge is 2.11. The first-order valence-electron chi connectivity index (χ1n) is 9.08. The molecule has 150 valence electrons. The zero-order valence-electron chi connectivity index (χ0n) is 16.0. The molecule has 4 aromatic rings. The van der Waals surface area contributed by atoms with E-state index in [2.05, 4.69) is 31.0 Å². The second-order valence-corrected chi connectivity index (χ2v) is 6.44. The minimum absolute atomic E-state index is 0.163. The van der Waals surface area contributed by atoms with E-state index >= 15 is 0 Å². The normalized spacial score (nSPS) is 10.5. The first-order valence-corrected chi connectivity index (χ1v) is 9.08. The van der Waals surface area contributed by atoms with Gasteiger partial charge in [-0.2, -0.15) is 5.10 Å². The lowest BCUT2D eigenvalue weighted by atomic mass is 10.2. The van der Waals surface area contributed by atoms with E-state index in [4.69, 9.17) is 0 Å². The molecule has 4 rings (SSSR count). The highest BCUT2D eigenvalue weighted by atomic mass is 19.1. The van der Waals surface area contributed by atoms with Crippen LogP contribution in [0.1, 0.15) is 0 Å². The molecule has 2 aromatic carbocycles. The average molecular weight is 403 g/mol. The number of anilines is 4. The van der Waals surface area contributed by atoms with Gasteiger partial charge >= 0.3 is 6.03 Å². The van der Waals surface area contributed by atoms with Gasteiger partial charge in [0.25, 0.3) is 0 Å². The monoisotopic (exact) mass is 403 g/mol. The second kappa shape index (κ2) is 8.39. The molecule has 0 radical (unpaired) electrons. The SMILES string of the molecule is Cn1cc(-c2nc(Nc3ccc(NC(=O)Nc4ccccc4)cc3)ncc2F)cn1. The Balaban J connectivity index is 1.42. The van der Waals surface area contributed by atoms with E-state index in [0.29, 0.717) is 22.6 Å². The maximum atomic E-state index is 14.1. The summed E-state index contributed by atoms with van der Waals surface area (Å²) in [5.74, 6) is -0.282. The van der Waals surface area contributed by atoms with Crippen LogP contribution in [-0.4, -0.2) is 25.8 Å². The molecule has 2 aromatic heterocycles. The van der Waals surface area contributed by atoms with Crippen LogP contribution in [0.5, 0.6) is 0 Å². The van der Waals surface area contributed by atoms with E-state index in [-0.39, 0.29) is 17.7 Å². The molecule has 0 unspecified atom stereocenters. The minimum Gasteiger partial charge on any atom is -0.324 e. The standard InChI is InChI=1S/C21H18FN7O/c1-29-13-14(11-24-29)19-18(22)12-23-20(28-19)25-16-7-9-17(10-8-16)27-21(30)26-15-5-3-2-4-6-15/h2-13H,1H3,(H,23,25,28)(H2,26,27,30). The number of para-hydroxylation sites is 1. The predicted molar refractivity (Wildman–Crippen MR) is 113 cm³/mol. The number of hydrogen-bond donors (Lipinski definition) is 3. The molecule has 8 nitrogen and oxygen atoms in total. The van der Waals surface area contributed by atoms with Crippen LogP contribution in [0.15, 0.2) is 73.2 Å². The van der Waals surface area contributed by atoms with Crippen molar-refractivity contribution in [3.05, 3.63) is 79.0 Å². The van der Waals surface area contributed by atoms with Gasteiger partial charge in [-0.3, -0.25) is 4.68 Å². The summed E-state index contributed by atoms with van der Waals surface area (Å²) in [5, 5.41) is 12.6. The van der Waals surface area contributed by atoms with Crippen molar-refractivity contribution >= 4 is 29.0 Å². The zero-order chi connectivity index (χ0) is 20.9. The number of benzene rings is 2. The summed E-state index contributed by atoms with van der Waals surface area (Å²) in [5.41, 5.74) is 2.73. The van der Waals surface area contributed by atoms with E-state index in [9.17, 15) is 9.18 Å². The van der Waals surface area contributed by atoms with Gasteiger partial charge in [0, 0.05) is 35.9 Å². The molecule has 0 saturated carbocycles. The summed E-state index contributed by atoms with van der Waals surface area (Å²) < 4.78 is 15.7. The summed E-state index contributed by atoms with van der Waals surface area (Å²) in [6.07, 6.45) is 4.33. The average Bonchev–Trinajstić information content (AvgIpc) is 3.17. The van der Waals surface area contributed by atoms with Gasteiger partial charge in [-0.15, -0.1) is 0 Å². The minimum atomic E-state index is -0.530. The number of hydrogen-bond acceptors (Lipinski definition) is 5. The Hall–Kier alpha value is -4.27. The smallest absolute Gasteiger partial charge is 0.323 e. The molecule has 9 heteroatoms. The quantitative estimate of drug-likeness (QED) is 0.459. The Labute approximate surface area is 171 Å².